The van der Waals surface area contributed by atoms with Crippen LogP contribution < -0.4 is 5.32 Å². The number of nitrogens with zero attached hydrogens (tertiary/aromatic N) is 1. The number of carbonyl (C=O) groups excluding carboxylic acids is 2. The standard InChI is InChI=1S/C30H39F3N2O6S2/c1-28(2,3)40-26(36)25(35-27(37)41-29(4,5)6)16-18-34-43(38,39)19-17-24(30(31,32)33)22-12-14-23(15-13-22)42-20-21-10-8-7-9-11-21/h7-15,18,24-25H,16-17,19-20H2,1-6H3,(H,35,37)/t24?,25-/m0/s1. The largest absolute Gasteiger partial charge is 0.458 e. The van der Waals surface area contributed by atoms with Gasteiger partial charge in [0.1, 0.15) is 17.2 Å². The molecule has 0 aliphatic heterocycles. The minimum Gasteiger partial charge on any atom is -0.458 e. The Morgan fingerprint density at radius 1 is 0.930 bits per heavy atom. The number of alkyl halides is 3. The molecule has 13 heteroatoms. The number of alkyl carbamates (subject to hydrolysis) is 1. The maximum Gasteiger partial charge on any atom is 0.408 e. The smallest absolute Gasteiger partial charge is 0.408 e. The van der Waals surface area contributed by atoms with Crippen LogP contribution in [0.25, 0.3) is 0 Å². The molecule has 0 aliphatic carbocycles. The van der Waals surface area contributed by atoms with Gasteiger partial charge in [-0.3, -0.25) is 0 Å². The van der Waals surface area contributed by atoms with Gasteiger partial charge in [-0.15, -0.1) is 11.8 Å². The first-order chi connectivity index (χ1) is 19.7. The Morgan fingerprint density at radius 3 is 2.05 bits per heavy atom. The van der Waals surface area contributed by atoms with Gasteiger partial charge < -0.3 is 14.8 Å². The number of halogens is 3. The van der Waals surface area contributed by atoms with Crippen LogP contribution in [0.2, 0.25) is 0 Å². The van der Waals surface area contributed by atoms with E-state index in [0.717, 1.165) is 16.7 Å². The van der Waals surface area contributed by atoms with Crippen molar-refractivity contribution < 1.29 is 40.7 Å². The van der Waals surface area contributed by atoms with Crippen molar-refractivity contribution in [3.63, 3.8) is 0 Å². The van der Waals surface area contributed by atoms with Gasteiger partial charge in [0.25, 0.3) is 10.0 Å². The molecular weight excluding hydrogens is 605 g/mol. The fraction of sp³-hybridized carbons (Fsp3) is 0.500. The molecule has 0 bridgehead atoms. The summed E-state index contributed by atoms with van der Waals surface area (Å²) in [6.07, 6.45) is -5.89. The summed E-state index contributed by atoms with van der Waals surface area (Å²) >= 11 is 1.48. The molecule has 0 radical (unpaired) electrons. The second-order valence-corrected chi connectivity index (χ2v) is 14.6. The van der Waals surface area contributed by atoms with E-state index in [9.17, 15) is 31.2 Å². The Kier molecular flexibility index (Phi) is 12.7. The van der Waals surface area contributed by atoms with Crippen LogP contribution in [-0.2, 0) is 30.0 Å². The first-order valence-electron chi connectivity index (χ1n) is 13.6. The van der Waals surface area contributed by atoms with Crippen molar-refractivity contribution in [1.29, 1.82) is 0 Å². The summed E-state index contributed by atoms with van der Waals surface area (Å²) in [6.45, 7) is 9.70. The number of ether oxygens (including phenoxy) is 2. The number of amides is 1. The number of thioether (sulfide) groups is 1. The molecule has 1 amide bonds. The van der Waals surface area contributed by atoms with Crippen LogP contribution in [0.5, 0.6) is 0 Å². The van der Waals surface area contributed by atoms with Gasteiger partial charge in [0.05, 0.1) is 11.7 Å². The molecule has 0 fully saturated rings. The number of carbonyl (C=O) groups is 2. The van der Waals surface area contributed by atoms with Crippen LogP contribution in [-0.4, -0.2) is 55.9 Å². The van der Waals surface area contributed by atoms with E-state index in [1.165, 1.54) is 23.9 Å². The van der Waals surface area contributed by atoms with Crippen LogP contribution in [0.4, 0.5) is 18.0 Å². The highest BCUT2D eigenvalue weighted by atomic mass is 32.2. The fourth-order valence-corrected chi connectivity index (χ4v) is 5.48. The average Bonchev–Trinajstić information content (AvgIpc) is 2.85. The molecule has 0 heterocycles. The zero-order chi connectivity index (χ0) is 32.5. The molecule has 0 saturated heterocycles. The van der Waals surface area contributed by atoms with Crippen molar-refractivity contribution in [2.75, 3.05) is 5.75 Å². The summed E-state index contributed by atoms with van der Waals surface area (Å²) in [4.78, 5) is 25.6. The average molecular weight is 645 g/mol. The molecular formula is C30H39F3N2O6S2. The van der Waals surface area contributed by atoms with E-state index in [1.807, 2.05) is 30.3 Å². The molecule has 43 heavy (non-hydrogen) atoms. The van der Waals surface area contributed by atoms with Crippen molar-refractivity contribution >= 4 is 40.1 Å². The molecule has 1 N–H and O–H groups in total. The molecule has 0 aromatic heterocycles. The molecule has 0 aliphatic rings. The first-order valence-corrected chi connectivity index (χ1v) is 16.2. The number of benzene rings is 2. The summed E-state index contributed by atoms with van der Waals surface area (Å²) in [7, 11) is -4.34. The van der Waals surface area contributed by atoms with Crippen LogP contribution in [0.15, 0.2) is 63.9 Å². The zero-order valence-corrected chi connectivity index (χ0v) is 26.7. The van der Waals surface area contributed by atoms with E-state index < -0.39 is 70.0 Å². The predicted molar refractivity (Wildman–Crippen MR) is 162 cm³/mol. The lowest BCUT2D eigenvalue weighted by atomic mass is 9.96. The number of hydrogen-bond donors (Lipinski definition) is 1. The molecule has 0 saturated carbocycles. The number of nitrogens with one attached hydrogen (secondary N) is 1. The van der Waals surface area contributed by atoms with Gasteiger partial charge in [-0.2, -0.15) is 17.6 Å². The van der Waals surface area contributed by atoms with Gasteiger partial charge in [-0.05, 0) is 71.2 Å². The van der Waals surface area contributed by atoms with Gasteiger partial charge in [-0.25, -0.2) is 18.0 Å². The maximum atomic E-state index is 13.9. The lowest BCUT2D eigenvalue weighted by Gasteiger charge is -2.25. The van der Waals surface area contributed by atoms with E-state index in [4.69, 9.17) is 9.47 Å². The molecule has 2 rings (SSSR count). The lowest BCUT2D eigenvalue weighted by molar-refractivity contribution is -0.157. The quantitative estimate of drug-likeness (QED) is 0.150. The van der Waals surface area contributed by atoms with Gasteiger partial charge in [0.15, 0.2) is 0 Å². The molecule has 0 spiro atoms. The molecule has 2 aromatic rings. The summed E-state index contributed by atoms with van der Waals surface area (Å²) in [5.41, 5.74) is -0.744. The van der Waals surface area contributed by atoms with Crippen LogP contribution >= 0.6 is 11.8 Å². The van der Waals surface area contributed by atoms with Gasteiger partial charge >= 0.3 is 18.2 Å². The second-order valence-electron chi connectivity index (χ2n) is 11.8. The van der Waals surface area contributed by atoms with Crippen molar-refractivity contribution in [3.05, 3.63) is 65.7 Å². The third kappa shape index (κ3) is 14.3. The monoisotopic (exact) mass is 644 g/mol. The van der Waals surface area contributed by atoms with E-state index in [0.29, 0.717) is 5.75 Å². The van der Waals surface area contributed by atoms with Gasteiger partial charge in [-0.1, -0.05) is 42.5 Å². The number of rotatable bonds is 12. The second kappa shape index (κ2) is 15.1. The van der Waals surface area contributed by atoms with Crippen LogP contribution in [0.1, 0.15) is 71.4 Å². The lowest BCUT2D eigenvalue weighted by Crippen LogP contribution is -2.46. The maximum absolute atomic E-state index is 13.9. The summed E-state index contributed by atoms with van der Waals surface area (Å²) in [5.74, 6) is -3.10. The van der Waals surface area contributed by atoms with E-state index in [2.05, 4.69) is 9.71 Å². The topological polar surface area (TPSA) is 111 Å². The highest BCUT2D eigenvalue weighted by Gasteiger charge is 2.41. The number of sulfonamides is 1. The van der Waals surface area contributed by atoms with E-state index in [-0.39, 0.29) is 5.56 Å². The third-order valence-electron chi connectivity index (χ3n) is 5.55. The first kappa shape index (κ1) is 36.1. The Hall–Kier alpha value is -3.06. The SMILES string of the molecule is CC(C)(C)OC(=O)N[C@@H](CC=NS(=O)(=O)CCC(c1ccc(SCc2ccccc2)cc1)C(F)(F)F)C(=O)OC(C)(C)C. The molecule has 238 valence electrons. The summed E-state index contributed by atoms with van der Waals surface area (Å²) in [6, 6.07) is 14.2. The Labute approximate surface area is 255 Å². The minimum absolute atomic E-state index is 0.0534. The predicted octanol–water partition coefficient (Wildman–Crippen LogP) is 7.04. The highest BCUT2D eigenvalue weighted by molar-refractivity contribution is 7.98. The van der Waals surface area contributed by atoms with Gasteiger partial charge in [0, 0.05) is 23.3 Å². The van der Waals surface area contributed by atoms with Gasteiger partial charge in [0.2, 0.25) is 0 Å². The molecule has 8 nitrogen and oxygen atoms in total. The normalized spacial score (nSPS) is 14.3. The van der Waals surface area contributed by atoms with Crippen LogP contribution in [0, 0.1) is 0 Å². The van der Waals surface area contributed by atoms with Crippen molar-refractivity contribution in [2.45, 2.75) is 94.4 Å². The Balaban J connectivity index is 2.07. The highest BCUT2D eigenvalue weighted by Crippen LogP contribution is 2.38. The summed E-state index contributed by atoms with van der Waals surface area (Å²) in [5, 5.41) is 2.32. The van der Waals surface area contributed by atoms with Crippen molar-refractivity contribution in [3.8, 4) is 0 Å². The third-order valence-corrected chi connectivity index (χ3v) is 7.85. The Bertz CT molecular complexity index is 1340. The van der Waals surface area contributed by atoms with E-state index >= 15 is 0 Å². The van der Waals surface area contributed by atoms with Crippen molar-refractivity contribution in [1.82, 2.24) is 5.32 Å². The fourth-order valence-electron chi connectivity index (χ4n) is 3.67. The number of esters is 1. The molecule has 1 unspecified atom stereocenters. The molecule has 2 aromatic carbocycles. The molecule has 2 atom stereocenters. The summed E-state index contributed by atoms with van der Waals surface area (Å²) < 4.78 is 80.8. The Morgan fingerprint density at radius 2 is 1.51 bits per heavy atom. The van der Waals surface area contributed by atoms with E-state index in [1.54, 1.807) is 53.7 Å². The zero-order valence-electron chi connectivity index (χ0n) is 25.1. The minimum atomic E-state index is -4.68. The number of hydrogen-bond acceptors (Lipinski definition) is 7. The van der Waals surface area contributed by atoms with Crippen LogP contribution in [0.3, 0.4) is 0 Å². The van der Waals surface area contributed by atoms with Crippen molar-refractivity contribution in [2.24, 2.45) is 4.40 Å².